The number of carbonyl (C=O) groups excluding carboxylic acids is 2. The van der Waals surface area contributed by atoms with Crippen molar-refractivity contribution in [3.8, 4) is 17.6 Å². The van der Waals surface area contributed by atoms with Gasteiger partial charge in [0, 0.05) is 43.6 Å². The van der Waals surface area contributed by atoms with E-state index in [1.54, 1.807) is 0 Å². The molecule has 1 amide bonds. The van der Waals surface area contributed by atoms with Crippen molar-refractivity contribution in [2.24, 2.45) is 5.92 Å². The molecule has 0 radical (unpaired) electrons. The summed E-state index contributed by atoms with van der Waals surface area (Å²) in [5.74, 6) is 6.68. The molecule has 0 unspecified atom stereocenters. The summed E-state index contributed by atoms with van der Waals surface area (Å²) < 4.78 is 13.4. The molecule has 4 aliphatic rings. The standard InChI is InChI=1S/C34H38N2O4/c1-5-19-35-20-18-33-31-26-12-9-13-28(31)39-32(33)27(16-17-34(33,29(35)21-26)40-24(4)37)36(22-23(2)3)30(38)15-14-25-10-7-6-8-11-25/h5-13,23,27,29,32H,1,16-22H2,2-4H3/t27-,29-,32+,33+,34-/m1/s1. The Kier molecular flexibility index (Phi) is 6.74. The average molecular weight is 539 g/mol. The van der Waals surface area contributed by atoms with Crippen molar-refractivity contribution in [3.05, 3.63) is 77.9 Å². The Labute approximate surface area is 237 Å². The number of hydrogen-bond acceptors (Lipinski definition) is 5. The van der Waals surface area contributed by atoms with Gasteiger partial charge >= 0.3 is 5.97 Å². The van der Waals surface area contributed by atoms with Gasteiger partial charge in [0.1, 0.15) is 17.5 Å². The number of piperidine rings is 1. The maximum atomic E-state index is 13.8. The Morgan fingerprint density at radius 1 is 1.20 bits per heavy atom. The van der Waals surface area contributed by atoms with Crippen LogP contribution in [0.4, 0.5) is 0 Å². The molecular formula is C34H38N2O4. The highest BCUT2D eigenvalue weighted by Gasteiger charge is 2.75. The molecule has 2 heterocycles. The first kappa shape index (κ1) is 26.7. The first-order valence-corrected chi connectivity index (χ1v) is 14.5. The number of benzene rings is 2. The molecule has 2 aromatic carbocycles. The number of hydrogen-bond donors (Lipinski definition) is 0. The molecule has 0 N–H and O–H groups in total. The second kappa shape index (κ2) is 10.1. The van der Waals surface area contributed by atoms with Gasteiger partial charge in [-0.2, -0.15) is 0 Å². The lowest BCUT2D eigenvalue weighted by atomic mass is 9.48. The second-order valence-corrected chi connectivity index (χ2v) is 12.1. The topological polar surface area (TPSA) is 59.1 Å². The zero-order valence-electron chi connectivity index (χ0n) is 23.7. The van der Waals surface area contributed by atoms with E-state index in [0.717, 1.165) is 37.2 Å². The first-order chi connectivity index (χ1) is 19.3. The predicted molar refractivity (Wildman–Crippen MR) is 154 cm³/mol. The smallest absolute Gasteiger partial charge is 0.303 e. The fourth-order valence-electron chi connectivity index (χ4n) is 8.19. The Morgan fingerprint density at radius 3 is 2.73 bits per heavy atom. The molecule has 40 heavy (non-hydrogen) atoms. The minimum Gasteiger partial charge on any atom is -0.487 e. The van der Waals surface area contributed by atoms with Crippen LogP contribution < -0.4 is 4.74 Å². The summed E-state index contributed by atoms with van der Waals surface area (Å²) in [4.78, 5) is 31.0. The molecule has 0 aromatic heterocycles. The largest absolute Gasteiger partial charge is 0.487 e. The van der Waals surface area contributed by atoms with Crippen molar-refractivity contribution >= 4 is 11.9 Å². The first-order valence-electron chi connectivity index (χ1n) is 14.5. The van der Waals surface area contributed by atoms with Gasteiger partial charge in [-0.05, 0) is 55.4 Å². The third-order valence-electron chi connectivity index (χ3n) is 9.40. The van der Waals surface area contributed by atoms with Crippen molar-refractivity contribution in [2.45, 2.75) is 75.7 Å². The van der Waals surface area contributed by atoms with E-state index in [-0.39, 0.29) is 36.0 Å². The Hall–Kier alpha value is -3.56. The van der Waals surface area contributed by atoms with E-state index in [9.17, 15) is 9.59 Å². The lowest BCUT2D eigenvalue weighted by Crippen LogP contribution is -2.79. The average Bonchev–Trinajstić information content (AvgIpc) is 3.27. The zero-order valence-corrected chi connectivity index (χ0v) is 23.7. The quantitative estimate of drug-likeness (QED) is 0.308. The summed E-state index contributed by atoms with van der Waals surface area (Å²) in [5, 5.41) is 0. The molecule has 6 heteroatoms. The molecule has 1 spiro atoms. The monoisotopic (exact) mass is 538 g/mol. The van der Waals surface area contributed by atoms with Gasteiger partial charge in [-0.3, -0.25) is 14.5 Å². The van der Waals surface area contributed by atoms with E-state index in [0.29, 0.717) is 19.4 Å². The number of amides is 1. The lowest BCUT2D eigenvalue weighted by molar-refractivity contribution is -0.223. The van der Waals surface area contributed by atoms with Crippen molar-refractivity contribution < 1.29 is 19.1 Å². The van der Waals surface area contributed by atoms with Gasteiger partial charge in [0.25, 0.3) is 5.91 Å². The SMILES string of the molecule is C=CCN1CC[C@]23c4c5cccc4O[C@H]2[C@H](N(CC(C)C)C(=O)C#Cc2ccccc2)CC[C@@]3(OC(C)=O)[C@H]1C5. The summed E-state index contributed by atoms with van der Waals surface area (Å²) in [6, 6.07) is 15.7. The molecule has 208 valence electrons. The van der Waals surface area contributed by atoms with Gasteiger partial charge in [0.15, 0.2) is 0 Å². The minimum atomic E-state index is -0.733. The summed E-state index contributed by atoms with van der Waals surface area (Å²) in [6.07, 6.45) is 4.53. The van der Waals surface area contributed by atoms with Gasteiger partial charge in [0.2, 0.25) is 0 Å². The molecule has 2 bridgehead atoms. The Balaban J connectivity index is 1.47. The van der Waals surface area contributed by atoms with E-state index in [1.165, 1.54) is 18.1 Å². The third kappa shape index (κ3) is 3.97. The van der Waals surface area contributed by atoms with Crippen LogP contribution >= 0.6 is 0 Å². The highest BCUT2D eigenvalue weighted by atomic mass is 16.6. The van der Waals surface area contributed by atoms with Crippen molar-refractivity contribution in [3.63, 3.8) is 0 Å². The molecule has 1 saturated carbocycles. The van der Waals surface area contributed by atoms with Crippen LogP contribution in [0.5, 0.6) is 5.75 Å². The van der Waals surface area contributed by atoms with Crippen LogP contribution in [0.1, 0.15) is 56.7 Å². The van der Waals surface area contributed by atoms with Crippen LogP contribution in [0.2, 0.25) is 0 Å². The predicted octanol–water partition coefficient (Wildman–Crippen LogP) is 4.50. The maximum Gasteiger partial charge on any atom is 0.303 e. The molecule has 2 aliphatic carbocycles. The van der Waals surface area contributed by atoms with Gasteiger partial charge in [-0.25, -0.2) is 0 Å². The van der Waals surface area contributed by atoms with Crippen molar-refractivity contribution in [2.75, 3.05) is 19.6 Å². The molecule has 2 aromatic rings. The van der Waals surface area contributed by atoms with Gasteiger partial charge in [-0.15, -0.1) is 6.58 Å². The van der Waals surface area contributed by atoms with E-state index in [1.807, 2.05) is 47.4 Å². The van der Waals surface area contributed by atoms with E-state index in [2.05, 4.69) is 49.3 Å². The number of likely N-dealkylation sites (tertiary alicyclic amines) is 1. The van der Waals surface area contributed by atoms with Gasteiger partial charge in [-0.1, -0.05) is 56.2 Å². The zero-order chi connectivity index (χ0) is 28.1. The summed E-state index contributed by atoms with van der Waals surface area (Å²) >= 11 is 0. The summed E-state index contributed by atoms with van der Waals surface area (Å²) in [7, 11) is 0. The molecule has 1 saturated heterocycles. The summed E-state index contributed by atoms with van der Waals surface area (Å²) in [5.41, 5.74) is 2.00. The Morgan fingerprint density at radius 2 is 2.00 bits per heavy atom. The van der Waals surface area contributed by atoms with Crippen LogP contribution in [0, 0.1) is 17.8 Å². The van der Waals surface area contributed by atoms with E-state index < -0.39 is 11.0 Å². The highest BCUT2D eigenvalue weighted by molar-refractivity contribution is 5.94. The highest BCUT2D eigenvalue weighted by Crippen LogP contribution is 2.65. The maximum absolute atomic E-state index is 13.8. The van der Waals surface area contributed by atoms with Crippen LogP contribution in [-0.4, -0.2) is 65.1 Å². The van der Waals surface area contributed by atoms with Gasteiger partial charge < -0.3 is 14.4 Å². The third-order valence-corrected chi connectivity index (χ3v) is 9.40. The van der Waals surface area contributed by atoms with Crippen LogP contribution in [0.25, 0.3) is 0 Å². The minimum absolute atomic E-state index is 0.0168. The summed E-state index contributed by atoms with van der Waals surface area (Å²) in [6.45, 7) is 12.0. The normalized spacial score (nSPS) is 29.4. The molecule has 6 nitrogen and oxygen atoms in total. The van der Waals surface area contributed by atoms with Crippen LogP contribution in [-0.2, 0) is 26.2 Å². The Bertz CT molecular complexity index is 1390. The fraction of sp³-hybridized carbons (Fsp3) is 0.471. The van der Waals surface area contributed by atoms with Crippen molar-refractivity contribution in [1.29, 1.82) is 0 Å². The molecule has 2 aliphatic heterocycles. The van der Waals surface area contributed by atoms with E-state index in [4.69, 9.17) is 9.47 Å². The molecule has 2 fully saturated rings. The fourth-order valence-corrected chi connectivity index (χ4v) is 8.19. The molecule has 6 rings (SSSR count). The number of carbonyl (C=O) groups is 2. The number of rotatable bonds is 6. The van der Waals surface area contributed by atoms with E-state index >= 15 is 0 Å². The number of esters is 1. The molecular weight excluding hydrogens is 500 g/mol. The second-order valence-electron chi connectivity index (χ2n) is 12.1. The number of ether oxygens (including phenoxy) is 2. The van der Waals surface area contributed by atoms with Gasteiger partial charge in [0.05, 0.1) is 17.5 Å². The van der Waals surface area contributed by atoms with Crippen molar-refractivity contribution in [1.82, 2.24) is 9.80 Å². The molecule has 5 atom stereocenters. The van der Waals surface area contributed by atoms with Crippen LogP contribution in [0.3, 0.4) is 0 Å². The van der Waals surface area contributed by atoms with Crippen LogP contribution in [0.15, 0.2) is 61.2 Å². The lowest BCUT2D eigenvalue weighted by Gasteiger charge is -2.65. The number of nitrogens with zero attached hydrogens (tertiary/aromatic N) is 2.